The molecule has 0 amide bonds. The average Bonchev–Trinajstić information content (AvgIpc) is 2.97. The van der Waals surface area contributed by atoms with E-state index in [9.17, 15) is 9.90 Å². The largest absolute Gasteiger partial charge is 0.507 e. The van der Waals surface area contributed by atoms with Crippen LogP contribution in [-0.4, -0.2) is 20.4 Å². The van der Waals surface area contributed by atoms with Crippen molar-refractivity contribution in [2.24, 2.45) is 0 Å². The van der Waals surface area contributed by atoms with Gasteiger partial charge in [0.15, 0.2) is 0 Å². The topological polar surface area (TPSA) is 76.2 Å². The Morgan fingerprint density at radius 2 is 1.82 bits per heavy atom. The van der Waals surface area contributed by atoms with Crippen LogP contribution in [0.15, 0.2) is 58.2 Å². The maximum atomic E-state index is 12.1. The van der Waals surface area contributed by atoms with Gasteiger partial charge in [-0.1, -0.05) is 29.8 Å². The molecule has 3 rings (SSSR count). The van der Waals surface area contributed by atoms with Crippen molar-refractivity contribution in [3.63, 3.8) is 0 Å². The molecule has 0 unspecified atom stereocenters. The summed E-state index contributed by atoms with van der Waals surface area (Å²) < 4.78 is 5.48. The van der Waals surface area contributed by atoms with Crippen LogP contribution < -0.4 is 0 Å². The van der Waals surface area contributed by atoms with Crippen LogP contribution in [0, 0.1) is 6.92 Å². The van der Waals surface area contributed by atoms with E-state index in [2.05, 4.69) is 10.2 Å². The van der Waals surface area contributed by atoms with E-state index < -0.39 is 0 Å². The second-order valence-corrected chi connectivity index (χ2v) is 5.57. The van der Waals surface area contributed by atoms with Crippen LogP contribution in [0.3, 0.4) is 0 Å². The van der Waals surface area contributed by atoms with Crippen molar-refractivity contribution in [1.82, 2.24) is 10.2 Å². The third kappa shape index (κ3) is 3.01. The van der Waals surface area contributed by atoms with E-state index in [-0.39, 0.29) is 21.7 Å². The maximum absolute atomic E-state index is 12.1. The highest BCUT2D eigenvalue weighted by atomic mass is 32.2. The summed E-state index contributed by atoms with van der Waals surface area (Å²) in [5.74, 6) is 0.283. The van der Waals surface area contributed by atoms with Crippen molar-refractivity contribution < 1.29 is 14.3 Å². The van der Waals surface area contributed by atoms with Crippen LogP contribution in [0.1, 0.15) is 15.9 Å². The smallest absolute Gasteiger partial charge is 0.284 e. The van der Waals surface area contributed by atoms with Gasteiger partial charge in [0.2, 0.25) is 11.0 Å². The lowest BCUT2D eigenvalue weighted by molar-refractivity contribution is 0.108. The molecule has 0 aliphatic carbocycles. The number of carbonyl (C=O) groups is 1. The summed E-state index contributed by atoms with van der Waals surface area (Å²) in [5, 5.41) is 17.2. The molecule has 0 spiro atoms. The molecule has 0 radical (unpaired) electrons. The lowest BCUT2D eigenvalue weighted by atomic mass is 10.1. The van der Waals surface area contributed by atoms with E-state index in [1.807, 2.05) is 31.2 Å². The standard InChI is InChI=1S/C16H12N2O3S/c1-10-6-8-11(9-7-10)14-17-18-16(21-14)22-15(20)12-4-2-3-5-13(12)19/h2-9,19H,1H3. The van der Waals surface area contributed by atoms with Crippen molar-refractivity contribution in [3.8, 4) is 17.2 Å². The molecular formula is C16H12N2O3S. The number of nitrogens with zero attached hydrogens (tertiary/aromatic N) is 2. The molecule has 0 atom stereocenters. The van der Waals surface area contributed by atoms with E-state index in [1.165, 1.54) is 6.07 Å². The van der Waals surface area contributed by atoms with Crippen molar-refractivity contribution in [3.05, 3.63) is 59.7 Å². The fourth-order valence-corrected chi connectivity index (χ4v) is 2.49. The Labute approximate surface area is 131 Å². The predicted octanol–water partition coefficient (Wildman–Crippen LogP) is 3.68. The molecule has 5 nitrogen and oxygen atoms in total. The minimum atomic E-state index is -0.350. The van der Waals surface area contributed by atoms with Gasteiger partial charge in [0, 0.05) is 17.3 Å². The van der Waals surface area contributed by atoms with Crippen molar-refractivity contribution in [2.75, 3.05) is 0 Å². The Morgan fingerprint density at radius 1 is 1.09 bits per heavy atom. The Balaban J connectivity index is 1.78. The van der Waals surface area contributed by atoms with Gasteiger partial charge in [0.1, 0.15) is 5.75 Å². The summed E-state index contributed by atoms with van der Waals surface area (Å²) in [7, 11) is 0. The van der Waals surface area contributed by atoms with E-state index in [4.69, 9.17) is 4.42 Å². The number of rotatable bonds is 3. The van der Waals surface area contributed by atoms with E-state index >= 15 is 0 Å². The zero-order chi connectivity index (χ0) is 15.5. The van der Waals surface area contributed by atoms with Gasteiger partial charge < -0.3 is 9.52 Å². The molecule has 110 valence electrons. The number of thioether (sulfide) groups is 1. The predicted molar refractivity (Wildman–Crippen MR) is 82.8 cm³/mol. The highest BCUT2D eigenvalue weighted by Gasteiger charge is 2.17. The van der Waals surface area contributed by atoms with Gasteiger partial charge in [0.05, 0.1) is 5.56 Å². The average molecular weight is 312 g/mol. The number of benzene rings is 2. The van der Waals surface area contributed by atoms with Crippen molar-refractivity contribution in [2.45, 2.75) is 12.1 Å². The number of hydrogen-bond acceptors (Lipinski definition) is 6. The maximum Gasteiger partial charge on any atom is 0.284 e. The van der Waals surface area contributed by atoms with Gasteiger partial charge in [-0.3, -0.25) is 4.79 Å². The lowest BCUT2D eigenvalue weighted by Gasteiger charge is -1.99. The van der Waals surface area contributed by atoms with Crippen LogP contribution >= 0.6 is 11.8 Å². The number of carbonyl (C=O) groups excluding carboxylic acids is 1. The van der Waals surface area contributed by atoms with Crippen molar-refractivity contribution in [1.29, 1.82) is 0 Å². The second-order valence-electron chi connectivity index (χ2n) is 4.65. The molecule has 2 aromatic carbocycles. The third-order valence-corrected chi connectivity index (χ3v) is 3.75. The minimum Gasteiger partial charge on any atom is -0.507 e. The van der Waals surface area contributed by atoms with Gasteiger partial charge in [-0.25, -0.2) is 0 Å². The number of aromatic hydroxyl groups is 1. The Morgan fingerprint density at radius 3 is 2.55 bits per heavy atom. The van der Waals surface area contributed by atoms with Crippen LogP contribution in [0.2, 0.25) is 0 Å². The SMILES string of the molecule is Cc1ccc(-c2nnc(SC(=O)c3ccccc3O)o2)cc1. The molecule has 22 heavy (non-hydrogen) atoms. The van der Waals surface area contributed by atoms with Crippen molar-refractivity contribution >= 4 is 16.9 Å². The number of aromatic nitrogens is 2. The first-order valence-corrected chi connectivity index (χ1v) is 7.36. The molecule has 1 N–H and O–H groups in total. The van der Waals surface area contributed by atoms with Gasteiger partial charge in [0.25, 0.3) is 5.22 Å². The summed E-state index contributed by atoms with van der Waals surface area (Å²) in [5.41, 5.74) is 2.13. The van der Waals surface area contributed by atoms with Crippen LogP contribution in [0.25, 0.3) is 11.5 Å². The normalized spacial score (nSPS) is 10.6. The molecule has 0 saturated carbocycles. The lowest BCUT2D eigenvalue weighted by Crippen LogP contribution is -1.93. The third-order valence-electron chi connectivity index (χ3n) is 3.01. The number of aryl methyl sites for hydroxylation is 1. The molecule has 6 heteroatoms. The van der Waals surface area contributed by atoms with Crippen LogP contribution in [-0.2, 0) is 0 Å². The molecule has 0 aliphatic heterocycles. The fourth-order valence-electron chi connectivity index (χ4n) is 1.84. The second kappa shape index (κ2) is 6.03. The number of para-hydroxylation sites is 1. The first-order valence-electron chi connectivity index (χ1n) is 6.54. The van der Waals surface area contributed by atoms with E-state index in [1.54, 1.807) is 18.2 Å². The molecular weight excluding hydrogens is 300 g/mol. The fraction of sp³-hybridized carbons (Fsp3) is 0.0625. The quantitative estimate of drug-likeness (QED) is 0.743. The molecule has 0 saturated heterocycles. The Hall–Kier alpha value is -2.60. The summed E-state index contributed by atoms with van der Waals surface area (Å²) >= 11 is 0.790. The van der Waals surface area contributed by atoms with Gasteiger partial charge in [-0.15, -0.1) is 10.2 Å². The molecule has 0 fully saturated rings. The van der Waals surface area contributed by atoms with E-state index in [0.29, 0.717) is 5.89 Å². The van der Waals surface area contributed by atoms with Crippen LogP contribution in [0.5, 0.6) is 5.75 Å². The van der Waals surface area contributed by atoms with E-state index in [0.717, 1.165) is 22.9 Å². The van der Waals surface area contributed by atoms with Crippen LogP contribution in [0.4, 0.5) is 0 Å². The van der Waals surface area contributed by atoms with Gasteiger partial charge in [-0.05, 0) is 31.2 Å². The zero-order valence-corrected chi connectivity index (χ0v) is 12.5. The Bertz CT molecular complexity index is 812. The Kier molecular flexibility index (Phi) is 3.93. The van der Waals surface area contributed by atoms with Gasteiger partial charge >= 0.3 is 0 Å². The highest BCUT2D eigenvalue weighted by Crippen LogP contribution is 2.28. The minimum absolute atomic E-state index is 0.0710. The monoisotopic (exact) mass is 312 g/mol. The molecule has 1 aromatic heterocycles. The summed E-state index contributed by atoms with van der Waals surface area (Å²) in [4.78, 5) is 12.1. The van der Waals surface area contributed by atoms with Gasteiger partial charge in [-0.2, -0.15) is 0 Å². The molecule has 1 heterocycles. The molecule has 0 aliphatic rings. The summed E-state index contributed by atoms with van der Waals surface area (Å²) in [6, 6.07) is 14.0. The zero-order valence-electron chi connectivity index (χ0n) is 11.7. The first kappa shape index (κ1) is 14.3. The first-order chi connectivity index (χ1) is 10.6. The number of hydrogen-bond donors (Lipinski definition) is 1. The number of phenolic OH excluding ortho intramolecular Hbond substituents is 1. The molecule has 0 bridgehead atoms. The summed E-state index contributed by atoms with van der Waals surface area (Å²) in [6.45, 7) is 1.99. The molecule has 3 aromatic rings. The highest BCUT2D eigenvalue weighted by molar-refractivity contribution is 8.14. The number of phenols is 1. The summed E-state index contributed by atoms with van der Waals surface area (Å²) in [6.07, 6.45) is 0.